The smallest absolute Gasteiger partial charge is 0.282 e. The van der Waals surface area contributed by atoms with Gasteiger partial charge in [0.25, 0.3) is 20.2 Å². The Morgan fingerprint density at radius 2 is 1.02 bits per heavy atom. The van der Waals surface area contributed by atoms with Crippen LogP contribution in [0.3, 0.4) is 0 Å². The molecule has 0 aromatic heterocycles. The summed E-state index contributed by atoms with van der Waals surface area (Å²) in [4.78, 5) is -0.488. The molecule has 0 aliphatic heterocycles. The Labute approximate surface area is 245 Å². The highest BCUT2D eigenvalue weighted by Gasteiger charge is 2.23. The SMILES string of the molecule is O=S(=O)(O)c1cccc(P(Cc2ccc3ccccc3c2-c2cccc3ccccc23)c2cccc(S(=O)(=O)O)c2)c1. The molecule has 0 amide bonds. The first kappa shape index (κ1) is 28.2. The normalized spacial score (nSPS) is 12.3. The van der Waals surface area contributed by atoms with Crippen LogP contribution in [0.4, 0.5) is 0 Å². The van der Waals surface area contributed by atoms with Crippen LogP contribution in [-0.4, -0.2) is 25.9 Å². The largest absolute Gasteiger partial charge is 0.294 e. The first-order valence-electron chi connectivity index (χ1n) is 13.0. The molecule has 0 bridgehead atoms. The van der Waals surface area contributed by atoms with Crippen molar-refractivity contribution in [3.05, 3.63) is 133 Å². The summed E-state index contributed by atoms with van der Waals surface area (Å²) in [5, 5.41) is 5.56. The van der Waals surface area contributed by atoms with E-state index in [0.717, 1.165) is 38.2 Å². The summed E-state index contributed by atoms with van der Waals surface area (Å²) >= 11 is 0. The molecule has 0 fully saturated rings. The maximum Gasteiger partial charge on any atom is 0.294 e. The van der Waals surface area contributed by atoms with Gasteiger partial charge in [0, 0.05) is 6.16 Å². The molecule has 2 N–H and O–H groups in total. The van der Waals surface area contributed by atoms with Crippen LogP contribution in [0.2, 0.25) is 0 Å². The van der Waals surface area contributed by atoms with Gasteiger partial charge in [-0.3, -0.25) is 9.11 Å². The van der Waals surface area contributed by atoms with Crippen LogP contribution < -0.4 is 10.6 Å². The van der Waals surface area contributed by atoms with Gasteiger partial charge in [0.1, 0.15) is 0 Å². The molecule has 0 spiro atoms. The van der Waals surface area contributed by atoms with Crippen molar-refractivity contribution in [3.63, 3.8) is 0 Å². The molecule has 42 heavy (non-hydrogen) atoms. The van der Waals surface area contributed by atoms with E-state index in [4.69, 9.17) is 0 Å². The molecule has 0 heterocycles. The van der Waals surface area contributed by atoms with E-state index in [-0.39, 0.29) is 9.79 Å². The van der Waals surface area contributed by atoms with Crippen molar-refractivity contribution < 1.29 is 25.9 Å². The minimum absolute atomic E-state index is 0.244. The van der Waals surface area contributed by atoms with Gasteiger partial charge in [-0.2, -0.15) is 16.8 Å². The second-order valence-electron chi connectivity index (χ2n) is 9.88. The maximum atomic E-state index is 12.0. The zero-order valence-electron chi connectivity index (χ0n) is 22.1. The molecule has 0 saturated carbocycles. The van der Waals surface area contributed by atoms with Crippen LogP contribution in [0.1, 0.15) is 5.56 Å². The van der Waals surface area contributed by atoms with Gasteiger partial charge in [0.15, 0.2) is 0 Å². The molecular formula is C33H25O6PS2. The van der Waals surface area contributed by atoms with Crippen LogP contribution in [0.25, 0.3) is 32.7 Å². The van der Waals surface area contributed by atoms with Gasteiger partial charge < -0.3 is 0 Å². The second kappa shape index (κ2) is 11.1. The lowest BCUT2D eigenvalue weighted by atomic mass is 9.91. The van der Waals surface area contributed by atoms with Crippen molar-refractivity contribution >= 4 is 60.3 Å². The minimum Gasteiger partial charge on any atom is -0.282 e. The summed E-state index contributed by atoms with van der Waals surface area (Å²) < 4.78 is 67.8. The summed E-state index contributed by atoms with van der Waals surface area (Å²) in [6, 6.07) is 38.8. The number of fused-ring (bicyclic) bond motifs is 2. The average molecular weight is 613 g/mol. The monoisotopic (exact) mass is 612 g/mol. The fourth-order valence-corrected chi connectivity index (χ4v) is 8.95. The molecule has 0 saturated heterocycles. The molecule has 0 atom stereocenters. The Hall–Kier alpha value is -3.91. The number of benzene rings is 6. The third-order valence-electron chi connectivity index (χ3n) is 7.26. The van der Waals surface area contributed by atoms with Crippen LogP contribution >= 0.6 is 7.92 Å². The second-order valence-corrected chi connectivity index (χ2v) is 14.9. The van der Waals surface area contributed by atoms with Gasteiger partial charge in [-0.25, -0.2) is 0 Å². The quantitative estimate of drug-likeness (QED) is 0.152. The molecule has 6 nitrogen and oxygen atoms in total. The lowest BCUT2D eigenvalue weighted by Crippen LogP contribution is -2.16. The van der Waals surface area contributed by atoms with Gasteiger partial charge in [0.05, 0.1) is 9.79 Å². The van der Waals surface area contributed by atoms with Crippen molar-refractivity contribution in [2.45, 2.75) is 16.0 Å². The lowest BCUT2D eigenvalue weighted by Gasteiger charge is -2.23. The van der Waals surface area contributed by atoms with Gasteiger partial charge in [-0.15, -0.1) is 0 Å². The van der Waals surface area contributed by atoms with Crippen molar-refractivity contribution in [2.24, 2.45) is 0 Å². The van der Waals surface area contributed by atoms with Gasteiger partial charge in [0.2, 0.25) is 0 Å². The fourth-order valence-electron chi connectivity index (χ4n) is 5.34. The lowest BCUT2D eigenvalue weighted by molar-refractivity contribution is 0.481. The van der Waals surface area contributed by atoms with E-state index >= 15 is 0 Å². The molecule has 6 rings (SSSR count). The molecule has 0 radical (unpaired) electrons. The summed E-state index contributed by atoms with van der Waals surface area (Å²) in [6.07, 6.45) is 0.433. The highest BCUT2D eigenvalue weighted by Crippen LogP contribution is 2.44. The maximum absolute atomic E-state index is 12.0. The summed E-state index contributed by atoms with van der Waals surface area (Å²) in [7, 11) is -10.4. The van der Waals surface area contributed by atoms with Crippen LogP contribution in [-0.2, 0) is 26.4 Å². The van der Waals surface area contributed by atoms with E-state index in [1.54, 1.807) is 24.3 Å². The first-order valence-corrected chi connectivity index (χ1v) is 17.4. The molecule has 6 aromatic carbocycles. The van der Waals surface area contributed by atoms with E-state index < -0.39 is 28.2 Å². The van der Waals surface area contributed by atoms with Gasteiger partial charge >= 0.3 is 0 Å². The highest BCUT2D eigenvalue weighted by molar-refractivity contribution is 7.86. The topological polar surface area (TPSA) is 109 Å². The Balaban J connectivity index is 1.61. The highest BCUT2D eigenvalue weighted by atomic mass is 32.2. The minimum atomic E-state index is -4.48. The Kier molecular flexibility index (Phi) is 7.43. The van der Waals surface area contributed by atoms with E-state index in [9.17, 15) is 25.9 Å². The molecule has 6 aromatic rings. The summed E-state index contributed by atoms with van der Waals surface area (Å²) in [5.41, 5.74) is 3.08. The molecule has 9 heteroatoms. The number of hydrogen-bond donors (Lipinski definition) is 2. The molecular weight excluding hydrogens is 587 g/mol. The van der Waals surface area contributed by atoms with Crippen molar-refractivity contribution in [1.82, 2.24) is 0 Å². The Morgan fingerprint density at radius 1 is 0.524 bits per heavy atom. The fraction of sp³-hybridized carbons (Fsp3) is 0.0303. The molecule has 210 valence electrons. The average Bonchev–Trinajstić information content (AvgIpc) is 2.99. The van der Waals surface area contributed by atoms with Gasteiger partial charge in [-0.05, 0) is 81.0 Å². The molecule has 0 aliphatic rings. The van der Waals surface area contributed by atoms with E-state index in [1.165, 1.54) is 24.3 Å². The number of rotatable bonds is 7. The summed E-state index contributed by atoms with van der Waals surface area (Å²) in [6.45, 7) is 0. The Morgan fingerprint density at radius 3 is 1.62 bits per heavy atom. The van der Waals surface area contributed by atoms with Crippen LogP contribution in [0.5, 0.6) is 0 Å². The van der Waals surface area contributed by atoms with Gasteiger partial charge in [-0.1, -0.05) is 103 Å². The molecule has 0 unspecified atom stereocenters. The first-order chi connectivity index (χ1) is 20.1. The molecule has 0 aliphatic carbocycles. The van der Waals surface area contributed by atoms with E-state index in [1.807, 2.05) is 30.3 Å². The van der Waals surface area contributed by atoms with Crippen LogP contribution in [0, 0.1) is 0 Å². The summed E-state index contributed by atoms with van der Waals surface area (Å²) in [5.74, 6) is 0. The van der Waals surface area contributed by atoms with Crippen molar-refractivity contribution in [1.29, 1.82) is 0 Å². The van der Waals surface area contributed by atoms with E-state index in [0.29, 0.717) is 16.8 Å². The third-order valence-corrected chi connectivity index (χ3v) is 11.4. The van der Waals surface area contributed by atoms with Crippen molar-refractivity contribution in [2.75, 3.05) is 0 Å². The van der Waals surface area contributed by atoms with E-state index in [2.05, 4.69) is 48.5 Å². The third kappa shape index (κ3) is 5.60. The standard InChI is InChI=1S/C33H25O6PS2/c34-41(35,36)28-13-6-11-26(20-28)40(27-12-7-14-29(21-27)42(37,38)39)22-25-19-18-24-9-2-4-16-31(24)33(25)32-17-5-10-23-8-1-3-15-30(23)32/h1-21H,22H2,(H,34,35,36)(H,37,38,39). The van der Waals surface area contributed by atoms with Crippen LogP contribution in [0.15, 0.2) is 137 Å². The zero-order valence-corrected chi connectivity index (χ0v) is 24.7. The number of hydrogen-bond acceptors (Lipinski definition) is 4. The van der Waals surface area contributed by atoms with Crippen molar-refractivity contribution in [3.8, 4) is 11.1 Å². The Bertz CT molecular complexity index is 2110. The zero-order chi connectivity index (χ0) is 29.5. The predicted octanol–water partition coefficient (Wildman–Crippen LogP) is 6.79. The predicted molar refractivity (Wildman–Crippen MR) is 169 cm³/mol.